The molecule has 0 aliphatic rings. The van der Waals surface area contributed by atoms with Gasteiger partial charge in [0.1, 0.15) is 0 Å². The summed E-state index contributed by atoms with van der Waals surface area (Å²) >= 11 is 0. The van der Waals surface area contributed by atoms with Crippen LogP contribution in [0.2, 0.25) is 0 Å². The van der Waals surface area contributed by atoms with Crippen LogP contribution < -0.4 is 4.74 Å². The molecule has 0 aromatic heterocycles. The molecule has 0 heterocycles. The van der Waals surface area contributed by atoms with E-state index in [1.165, 1.54) is 6.07 Å². The van der Waals surface area contributed by atoms with Crippen molar-refractivity contribution >= 4 is 5.97 Å². The Morgan fingerprint density at radius 2 is 1.81 bits per heavy atom. The highest BCUT2D eigenvalue weighted by Crippen LogP contribution is 2.27. The lowest BCUT2D eigenvalue weighted by Crippen LogP contribution is -2.02. The second kappa shape index (κ2) is 6.39. The van der Waals surface area contributed by atoms with Crippen molar-refractivity contribution in [3.63, 3.8) is 0 Å². The molecule has 3 nitrogen and oxygen atoms in total. The number of aromatic carboxylic acids is 1. The summed E-state index contributed by atoms with van der Waals surface area (Å²) in [5.74, 6) is -1.15. The Labute approximate surface area is 123 Å². The van der Waals surface area contributed by atoms with Crippen LogP contribution in [0.25, 0.3) is 11.1 Å². The Kier molecular flexibility index (Phi) is 4.58. The fourth-order valence-corrected chi connectivity index (χ4v) is 2.23. The van der Waals surface area contributed by atoms with Gasteiger partial charge in [-0.25, -0.2) is 9.18 Å². The van der Waals surface area contributed by atoms with Gasteiger partial charge in [-0.2, -0.15) is 0 Å². The quantitative estimate of drug-likeness (QED) is 0.899. The summed E-state index contributed by atoms with van der Waals surface area (Å²) in [6, 6.07) is 9.80. The third-order valence-corrected chi connectivity index (χ3v) is 3.28. The van der Waals surface area contributed by atoms with Crippen LogP contribution >= 0.6 is 0 Å². The van der Waals surface area contributed by atoms with Crippen molar-refractivity contribution in [2.75, 3.05) is 6.61 Å². The molecule has 0 spiro atoms. The Bertz CT molecular complexity index is 665. The monoisotopic (exact) mass is 288 g/mol. The maximum absolute atomic E-state index is 13.9. The summed E-state index contributed by atoms with van der Waals surface area (Å²) in [4.78, 5) is 11.1. The first kappa shape index (κ1) is 15.0. The minimum Gasteiger partial charge on any atom is -0.491 e. The molecule has 0 unspecified atom stereocenters. The van der Waals surface area contributed by atoms with Gasteiger partial charge in [0, 0.05) is 0 Å². The van der Waals surface area contributed by atoms with Crippen LogP contribution in [-0.4, -0.2) is 17.7 Å². The van der Waals surface area contributed by atoms with E-state index in [-0.39, 0.29) is 11.3 Å². The molecule has 0 aliphatic carbocycles. The molecule has 0 fully saturated rings. The van der Waals surface area contributed by atoms with Crippen molar-refractivity contribution in [3.8, 4) is 16.9 Å². The SMILES string of the molecule is CCOc1ccc(-c2ccc(C(=O)O)c(CC)c2)cc1F. The van der Waals surface area contributed by atoms with E-state index in [9.17, 15) is 9.18 Å². The lowest BCUT2D eigenvalue weighted by Gasteiger charge is -2.10. The molecule has 0 amide bonds. The number of rotatable bonds is 5. The lowest BCUT2D eigenvalue weighted by atomic mass is 9.97. The molecule has 21 heavy (non-hydrogen) atoms. The smallest absolute Gasteiger partial charge is 0.335 e. The minimum absolute atomic E-state index is 0.221. The van der Waals surface area contributed by atoms with E-state index in [0.717, 1.165) is 11.1 Å². The van der Waals surface area contributed by atoms with Gasteiger partial charge in [0.05, 0.1) is 12.2 Å². The Morgan fingerprint density at radius 1 is 1.14 bits per heavy atom. The highest BCUT2D eigenvalue weighted by molar-refractivity contribution is 5.90. The van der Waals surface area contributed by atoms with Crippen molar-refractivity contribution < 1.29 is 19.0 Å². The second-order valence-electron chi connectivity index (χ2n) is 4.61. The predicted molar refractivity (Wildman–Crippen MR) is 79.3 cm³/mol. The zero-order valence-electron chi connectivity index (χ0n) is 12.0. The third kappa shape index (κ3) is 3.21. The summed E-state index contributed by atoms with van der Waals surface area (Å²) in [6.45, 7) is 4.10. The van der Waals surface area contributed by atoms with Gasteiger partial charge < -0.3 is 9.84 Å². The van der Waals surface area contributed by atoms with E-state index in [1.807, 2.05) is 6.92 Å². The van der Waals surface area contributed by atoms with Gasteiger partial charge >= 0.3 is 5.97 Å². The van der Waals surface area contributed by atoms with E-state index in [0.29, 0.717) is 18.6 Å². The largest absolute Gasteiger partial charge is 0.491 e. The molecular formula is C17H17FO3. The van der Waals surface area contributed by atoms with Gasteiger partial charge in [0.2, 0.25) is 0 Å². The molecule has 0 aliphatic heterocycles. The van der Waals surface area contributed by atoms with Crippen molar-refractivity contribution in [3.05, 3.63) is 53.3 Å². The minimum atomic E-state index is -0.948. The van der Waals surface area contributed by atoms with Gasteiger partial charge in [-0.3, -0.25) is 0 Å². The number of hydrogen-bond donors (Lipinski definition) is 1. The first-order chi connectivity index (χ1) is 10.1. The van der Waals surface area contributed by atoms with Gasteiger partial charge in [-0.05, 0) is 48.2 Å². The summed E-state index contributed by atoms with van der Waals surface area (Å²) in [5, 5.41) is 9.12. The predicted octanol–water partition coefficient (Wildman–Crippen LogP) is 4.15. The molecule has 0 bridgehead atoms. The van der Waals surface area contributed by atoms with E-state index in [1.54, 1.807) is 37.3 Å². The number of carbonyl (C=O) groups is 1. The highest BCUT2D eigenvalue weighted by Gasteiger charge is 2.11. The maximum Gasteiger partial charge on any atom is 0.335 e. The van der Waals surface area contributed by atoms with Gasteiger partial charge in [0.15, 0.2) is 11.6 Å². The van der Waals surface area contributed by atoms with Crippen LogP contribution in [0.4, 0.5) is 4.39 Å². The Morgan fingerprint density at radius 3 is 2.38 bits per heavy atom. The van der Waals surface area contributed by atoms with E-state index >= 15 is 0 Å². The summed E-state index contributed by atoms with van der Waals surface area (Å²) in [5.41, 5.74) is 2.50. The molecule has 110 valence electrons. The number of halogens is 1. The van der Waals surface area contributed by atoms with Crippen LogP contribution in [0.15, 0.2) is 36.4 Å². The van der Waals surface area contributed by atoms with E-state index in [2.05, 4.69) is 0 Å². The number of ether oxygens (including phenoxy) is 1. The first-order valence-corrected chi connectivity index (χ1v) is 6.85. The molecule has 0 atom stereocenters. The number of aryl methyl sites for hydroxylation is 1. The average molecular weight is 288 g/mol. The summed E-state index contributed by atoms with van der Waals surface area (Å²) in [6.07, 6.45) is 0.606. The van der Waals surface area contributed by atoms with Crippen LogP contribution in [0, 0.1) is 5.82 Å². The van der Waals surface area contributed by atoms with Crippen molar-refractivity contribution in [2.24, 2.45) is 0 Å². The fourth-order valence-electron chi connectivity index (χ4n) is 2.23. The topological polar surface area (TPSA) is 46.5 Å². The molecule has 0 radical (unpaired) electrons. The van der Waals surface area contributed by atoms with E-state index < -0.39 is 11.8 Å². The molecule has 2 aromatic rings. The molecule has 0 saturated carbocycles. The average Bonchev–Trinajstić information content (AvgIpc) is 2.48. The number of carboxylic acid groups (broad SMARTS) is 1. The van der Waals surface area contributed by atoms with Crippen LogP contribution in [0.3, 0.4) is 0 Å². The standard InChI is InChI=1S/C17H17FO3/c1-3-11-9-12(5-7-14(11)17(19)20)13-6-8-16(21-4-2)15(18)10-13/h5-10H,3-4H2,1-2H3,(H,19,20). The van der Waals surface area contributed by atoms with Crippen molar-refractivity contribution in [1.29, 1.82) is 0 Å². The zero-order valence-corrected chi connectivity index (χ0v) is 12.0. The molecule has 4 heteroatoms. The van der Waals surface area contributed by atoms with Crippen molar-refractivity contribution in [2.45, 2.75) is 20.3 Å². The molecule has 0 saturated heterocycles. The Balaban J connectivity index is 2.42. The lowest BCUT2D eigenvalue weighted by molar-refractivity contribution is 0.0696. The zero-order chi connectivity index (χ0) is 15.4. The second-order valence-corrected chi connectivity index (χ2v) is 4.61. The molecule has 2 rings (SSSR count). The number of carboxylic acids is 1. The van der Waals surface area contributed by atoms with Crippen LogP contribution in [0.1, 0.15) is 29.8 Å². The number of benzene rings is 2. The first-order valence-electron chi connectivity index (χ1n) is 6.85. The summed E-state index contributed by atoms with van der Waals surface area (Å²) < 4.78 is 19.1. The van der Waals surface area contributed by atoms with E-state index in [4.69, 9.17) is 9.84 Å². The Hall–Kier alpha value is -2.36. The fraction of sp³-hybridized carbons (Fsp3) is 0.235. The van der Waals surface area contributed by atoms with Gasteiger partial charge in [-0.1, -0.05) is 25.1 Å². The molecule has 2 aromatic carbocycles. The summed E-state index contributed by atoms with van der Waals surface area (Å²) in [7, 11) is 0. The van der Waals surface area contributed by atoms with Crippen LogP contribution in [-0.2, 0) is 6.42 Å². The van der Waals surface area contributed by atoms with Crippen LogP contribution in [0.5, 0.6) is 5.75 Å². The van der Waals surface area contributed by atoms with Crippen molar-refractivity contribution in [1.82, 2.24) is 0 Å². The van der Waals surface area contributed by atoms with Gasteiger partial charge in [0.25, 0.3) is 0 Å². The highest BCUT2D eigenvalue weighted by atomic mass is 19.1. The normalized spacial score (nSPS) is 10.4. The molecule has 1 N–H and O–H groups in total. The third-order valence-electron chi connectivity index (χ3n) is 3.28. The molecular weight excluding hydrogens is 271 g/mol. The maximum atomic E-state index is 13.9. The number of hydrogen-bond acceptors (Lipinski definition) is 2. The van der Waals surface area contributed by atoms with Gasteiger partial charge in [-0.15, -0.1) is 0 Å².